The Hall–Kier alpha value is -2.65. The van der Waals surface area contributed by atoms with E-state index in [1.165, 1.54) is 12.1 Å². The van der Waals surface area contributed by atoms with Gasteiger partial charge in [-0.15, -0.1) is 0 Å². The van der Waals surface area contributed by atoms with Crippen LogP contribution in [0.1, 0.15) is 57.1 Å². The first kappa shape index (κ1) is 28.4. The maximum Gasteiger partial charge on any atom is 0.416 e. The fourth-order valence-corrected chi connectivity index (χ4v) is 7.44. The van der Waals surface area contributed by atoms with Crippen LogP contribution in [0, 0.1) is 5.92 Å². The summed E-state index contributed by atoms with van der Waals surface area (Å²) in [4.78, 5) is 15.4. The number of hydrogen-bond acceptors (Lipinski definition) is 4. The maximum atomic E-state index is 13.5. The smallest absolute Gasteiger partial charge is 0.332 e. The molecule has 206 valence electrons. The van der Waals surface area contributed by atoms with Gasteiger partial charge in [-0.3, -0.25) is 4.79 Å². The molecule has 1 N–H and O–H groups in total. The van der Waals surface area contributed by atoms with Crippen LogP contribution < -0.4 is 5.32 Å². The number of amides is 1. The van der Waals surface area contributed by atoms with Gasteiger partial charge in [0.25, 0.3) is 0 Å². The van der Waals surface area contributed by atoms with Gasteiger partial charge >= 0.3 is 6.18 Å². The quantitative estimate of drug-likeness (QED) is 0.458. The molecular formula is C29H35F3N2O3S. The van der Waals surface area contributed by atoms with Crippen molar-refractivity contribution in [3.05, 3.63) is 71.8 Å². The normalized spacial score (nSPS) is 23.0. The molecule has 1 fully saturated rings. The van der Waals surface area contributed by atoms with Crippen molar-refractivity contribution in [2.45, 2.75) is 68.6 Å². The number of hydrogen-bond donors (Lipinski definition) is 1. The van der Waals surface area contributed by atoms with Crippen molar-refractivity contribution in [2.75, 3.05) is 18.8 Å². The summed E-state index contributed by atoms with van der Waals surface area (Å²) in [5, 5.41) is 3.56. The van der Waals surface area contributed by atoms with Crippen molar-refractivity contribution in [1.29, 1.82) is 0 Å². The van der Waals surface area contributed by atoms with Crippen LogP contribution >= 0.6 is 0 Å². The van der Waals surface area contributed by atoms with E-state index < -0.39 is 27.1 Å². The van der Waals surface area contributed by atoms with Crippen LogP contribution in [-0.2, 0) is 20.8 Å². The minimum atomic E-state index is -4.47. The van der Waals surface area contributed by atoms with E-state index in [1.807, 2.05) is 0 Å². The minimum Gasteiger partial charge on any atom is -0.332 e. The number of nitrogens with one attached hydrogen (secondary N) is 1. The van der Waals surface area contributed by atoms with Crippen LogP contribution in [0.4, 0.5) is 13.2 Å². The summed E-state index contributed by atoms with van der Waals surface area (Å²) < 4.78 is 66.7. The average Bonchev–Trinajstić information content (AvgIpc) is 2.88. The molecule has 1 saturated carbocycles. The second-order valence-corrected chi connectivity index (χ2v) is 12.9. The van der Waals surface area contributed by atoms with Crippen molar-refractivity contribution < 1.29 is 26.4 Å². The van der Waals surface area contributed by atoms with Crippen molar-refractivity contribution in [1.82, 2.24) is 10.2 Å². The zero-order valence-corrected chi connectivity index (χ0v) is 22.6. The number of halogens is 3. The van der Waals surface area contributed by atoms with Gasteiger partial charge in [0.15, 0.2) is 9.84 Å². The molecule has 0 aromatic heterocycles. The van der Waals surface area contributed by atoms with Gasteiger partial charge in [-0.2, -0.15) is 13.2 Å². The molecule has 4 rings (SSSR count). The highest BCUT2D eigenvalue weighted by atomic mass is 32.2. The molecule has 0 atom stereocenters. The molecule has 2 aromatic carbocycles. The number of carbonyl (C=O) groups is 1. The molecule has 1 aliphatic heterocycles. The second kappa shape index (κ2) is 11.2. The summed E-state index contributed by atoms with van der Waals surface area (Å²) >= 11 is 0. The maximum absolute atomic E-state index is 13.5. The highest BCUT2D eigenvalue weighted by Gasteiger charge is 2.46. The molecule has 0 spiro atoms. The molecule has 0 saturated heterocycles. The zero-order chi connectivity index (χ0) is 27.6. The number of alkyl halides is 3. The average molecular weight is 549 g/mol. The Bertz CT molecular complexity index is 1270. The third kappa shape index (κ3) is 6.49. The summed E-state index contributed by atoms with van der Waals surface area (Å²) in [6.07, 6.45) is -0.176. The Morgan fingerprint density at radius 2 is 1.74 bits per heavy atom. The first-order valence-corrected chi connectivity index (χ1v) is 14.8. The third-order valence-corrected chi connectivity index (χ3v) is 9.50. The molecule has 9 heteroatoms. The Kier molecular flexibility index (Phi) is 8.37. The fraction of sp³-hybridized carbons (Fsp3) is 0.483. The topological polar surface area (TPSA) is 66.5 Å². The number of nitrogens with zero attached hydrogens (tertiary/aromatic N) is 1. The molecular weight excluding hydrogens is 513 g/mol. The van der Waals surface area contributed by atoms with Crippen LogP contribution in [0.3, 0.4) is 0 Å². The summed E-state index contributed by atoms with van der Waals surface area (Å²) in [5.41, 5.74) is -0.744. The van der Waals surface area contributed by atoms with E-state index >= 15 is 0 Å². The van der Waals surface area contributed by atoms with Gasteiger partial charge in [0.1, 0.15) is 0 Å². The van der Waals surface area contributed by atoms with E-state index in [9.17, 15) is 26.4 Å². The van der Waals surface area contributed by atoms with Crippen LogP contribution in [0.15, 0.2) is 65.6 Å². The molecule has 1 amide bonds. The SMILES string of the molecule is CC(C)CNC1CCC(CS(=O)(=O)c2ccccc2)(N2CCC(c3cccc(C(F)(F)F)c3)=CC2=O)CC1. The summed E-state index contributed by atoms with van der Waals surface area (Å²) in [7, 11) is -3.68. The second-order valence-electron chi connectivity index (χ2n) is 10.9. The van der Waals surface area contributed by atoms with E-state index in [2.05, 4.69) is 19.2 Å². The van der Waals surface area contributed by atoms with Crippen molar-refractivity contribution >= 4 is 21.3 Å². The Balaban J connectivity index is 1.61. The molecule has 0 radical (unpaired) electrons. The third-order valence-electron chi connectivity index (χ3n) is 7.59. The van der Waals surface area contributed by atoms with Gasteiger partial charge in [-0.1, -0.05) is 44.2 Å². The number of sulfone groups is 1. The Morgan fingerprint density at radius 1 is 1.05 bits per heavy atom. The monoisotopic (exact) mass is 548 g/mol. The summed E-state index contributed by atoms with van der Waals surface area (Å²) in [6, 6.07) is 13.5. The lowest BCUT2D eigenvalue weighted by Gasteiger charge is -2.49. The molecule has 2 aliphatic rings. The first-order valence-electron chi connectivity index (χ1n) is 13.1. The highest BCUT2D eigenvalue weighted by molar-refractivity contribution is 7.91. The van der Waals surface area contributed by atoms with E-state index in [-0.39, 0.29) is 29.1 Å². The Labute approximate surface area is 223 Å². The molecule has 5 nitrogen and oxygen atoms in total. The number of benzene rings is 2. The van der Waals surface area contributed by atoms with Gasteiger partial charge in [-0.05, 0) is 80.0 Å². The first-order chi connectivity index (χ1) is 17.9. The van der Waals surface area contributed by atoms with Crippen molar-refractivity contribution in [3.8, 4) is 0 Å². The van der Waals surface area contributed by atoms with Crippen molar-refractivity contribution in [2.24, 2.45) is 5.92 Å². The minimum absolute atomic E-state index is 0.181. The molecule has 1 aliphatic carbocycles. The number of rotatable bonds is 8. The lowest BCUT2D eigenvalue weighted by Crippen LogP contribution is -2.59. The van der Waals surface area contributed by atoms with Crippen LogP contribution in [-0.4, -0.2) is 49.6 Å². The molecule has 0 bridgehead atoms. The predicted octanol–water partition coefficient (Wildman–Crippen LogP) is 5.72. The van der Waals surface area contributed by atoms with Gasteiger partial charge in [0, 0.05) is 18.7 Å². The van der Waals surface area contributed by atoms with E-state index in [0.29, 0.717) is 36.3 Å². The lowest BCUT2D eigenvalue weighted by atomic mass is 9.78. The Morgan fingerprint density at radius 3 is 2.34 bits per heavy atom. The molecule has 1 heterocycles. The lowest BCUT2D eigenvalue weighted by molar-refractivity contribution is -0.137. The highest BCUT2D eigenvalue weighted by Crippen LogP contribution is 2.40. The van der Waals surface area contributed by atoms with Crippen LogP contribution in [0.2, 0.25) is 0 Å². The van der Waals surface area contributed by atoms with E-state index in [4.69, 9.17) is 0 Å². The van der Waals surface area contributed by atoms with Crippen LogP contribution in [0.5, 0.6) is 0 Å². The standard InChI is InChI=1S/C29H35F3N2O3S/c1-21(2)19-33-25-11-14-28(15-12-25,20-38(36,37)26-9-4-3-5-10-26)34-16-13-23(18-27(34)35)22-7-6-8-24(17-22)29(30,31)32/h3-10,17-18,21,25,33H,11-16,19-20H2,1-2H3. The van der Waals surface area contributed by atoms with Gasteiger partial charge in [0.2, 0.25) is 5.91 Å². The van der Waals surface area contributed by atoms with Gasteiger partial charge < -0.3 is 10.2 Å². The summed E-state index contributed by atoms with van der Waals surface area (Å²) in [5.74, 6) is -0.0388. The van der Waals surface area contributed by atoms with Gasteiger partial charge in [-0.25, -0.2) is 8.42 Å². The summed E-state index contributed by atoms with van der Waals surface area (Å²) in [6.45, 7) is 5.39. The van der Waals surface area contributed by atoms with Gasteiger partial charge in [0.05, 0.1) is 21.8 Å². The van der Waals surface area contributed by atoms with E-state index in [0.717, 1.165) is 31.5 Å². The van der Waals surface area contributed by atoms with Crippen LogP contribution in [0.25, 0.3) is 5.57 Å². The number of carbonyl (C=O) groups excluding carboxylic acids is 1. The molecule has 0 unspecified atom stereocenters. The largest absolute Gasteiger partial charge is 0.416 e. The van der Waals surface area contributed by atoms with Crippen molar-refractivity contribution in [3.63, 3.8) is 0 Å². The fourth-order valence-electron chi connectivity index (χ4n) is 5.55. The molecule has 38 heavy (non-hydrogen) atoms. The molecule has 2 aromatic rings. The predicted molar refractivity (Wildman–Crippen MR) is 142 cm³/mol. The zero-order valence-electron chi connectivity index (χ0n) is 21.8. The van der Waals surface area contributed by atoms with E-state index in [1.54, 1.807) is 41.3 Å².